The van der Waals surface area contributed by atoms with Gasteiger partial charge in [0.05, 0.1) is 12.2 Å². The van der Waals surface area contributed by atoms with E-state index in [1.165, 1.54) is 6.42 Å². The van der Waals surface area contributed by atoms with Crippen LogP contribution < -0.4 is 5.32 Å². The topological polar surface area (TPSA) is 49.2 Å². The quantitative estimate of drug-likeness (QED) is 0.646. The maximum atomic E-state index is 4.19. The highest BCUT2D eigenvalue weighted by Gasteiger charge is 2.06. The normalized spacial score (nSPS) is 11.7. The smallest absolute Gasteiger partial charge is 0.0964 e. The van der Waals surface area contributed by atoms with Gasteiger partial charge in [-0.2, -0.15) is 0 Å². The summed E-state index contributed by atoms with van der Waals surface area (Å²) in [5.41, 5.74) is 1.02. The van der Waals surface area contributed by atoms with Crippen molar-refractivity contribution in [3.63, 3.8) is 0 Å². The number of likely N-dealkylation sites (N-methyl/N-ethyl adjacent to an activating group) is 1. The first kappa shape index (κ1) is 17.1. The fourth-order valence-electron chi connectivity index (χ4n) is 2.02. The van der Waals surface area contributed by atoms with E-state index >= 15 is 0 Å². The zero-order valence-electron chi connectivity index (χ0n) is 13.5. The lowest BCUT2D eigenvalue weighted by atomic mass is 10.3. The standard InChI is InChI=1S/C14H30N6/c1-5-7-19(9-8-18(3)4)10-11-20-13-14(16-17-20)12-15-6-2/h13,15H,5-12H2,1-4H3. The Morgan fingerprint density at radius 1 is 1.15 bits per heavy atom. The predicted octanol–water partition coefficient (Wildman–Crippen LogP) is 0.661. The lowest BCUT2D eigenvalue weighted by molar-refractivity contribution is 0.230. The monoisotopic (exact) mass is 282 g/mol. The summed E-state index contributed by atoms with van der Waals surface area (Å²) in [5, 5.41) is 11.6. The number of hydrogen-bond acceptors (Lipinski definition) is 5. The number of nitrogens with zero attached hydrogens (tertiary/aromatic N) is 5. The van der Waals surface area contributed by atoms with Gasteiger partial charge in [0.1, 0.15) is 0 Å². The average molecular weight is 282 g/mol. The molecule has 0 unspecified atom stereocenters. The van der Waals surface area contributed by atoms with E-state index < -0.39 is 0 Å². The van der Waals surface area contributed by atoms with Crippen LogP contribution in [0, 0.1) is 0 Å². The summed E-state index contributed by atoms with van der Waals surface area (Å²) < 4.78 is 1.95. The molecule has 1 heterocycles. The van der Waals surface area contributed by atoms with E-state index in [4.69, 9.17) is 0 Å². The van der Waals surface area contributed by atoms with E-state index in [0.29, 0.717) is 0 Å². The highest BCUT2D eigenvalue weighted by Crippen LogP contribution is 1.97. The Morgan fingerprint density at radius 3 is 2.60 bits per heavy atom. The van der Waals surface area contributed by atoms with Crippen molar-refractivity contribution in [1.82, 2.24) is 30.1 Å². The van der Waals surface area contributed by atoms with E-state index in [-0.39, 0.29) is 0 Å². The molecule has 1 aromatic heterocycles. The lowest BCUT2D eigenvalue weighted by Crippen LogP contribution is -2.34. The fourth-order valence-corrected chi connectivity index (χ4v) is 2.02. The van der Waals surface area contributed by atoms with E-state index in [1.807, 2.05) is 10.9 Å². The molecule has 6 heteroatoms. The molecule has 1 aromatic rings. The van der Waals surface area contributed by atoms with Gasteiger partial charge >= 0.3 is 0 Å². The molecule has 20 heavy (non-hydrogen) atoms. The zero-order chi connectivity index (χ0) is 14.8. The molecule has 0 saturated carbocycles. The summed E-state index contributed by atoms with van der Waals surface area (Å²) in [4.78, 5) is 4.72. The van der Waals surface area contributed by atoms with Crippen LogP contribution in [0.15, 0.2) is 6.20 Å². The molecule has 0 fully saturated rings. The van der Waals surface area contributed by atoms with Crippen molar-refractivity contribution in [3.8, 4) is 0 Å². The molecule has 0 atom stereocenters. The van der Waals surface area contributed by atoms with Crippen molar-refractivity contribution in [2.24, 2.45) is 0 Å². The van der Waals surface area contributed by atoms with Crippen molar-refractivity contribution >= 4 is 0 Å². The van der Waals surface area contributed by atoms with Crippen LogP contribution in [0.5, 0.6) is 0 Å². The van der Waals surface area contributed by atoms with E-state index in [1.54, 1.807) is 0 Å². The van der Waals surface area contributed by atoms with Crippen molar-refractivity contribution in [2.45, 2.75) is 33.4 Å². The summed E-state index contributed by atoms with van der Waals surface area (Å²) in [6.45, 7) is 11.4. The maximum absolute atomic E-state index is 4.19. The molecular weight excluding hydrogens is 252 g/mol. The van der Waals surface area contributed by atoms with Gasteiger partial charge < -0.3 is 15.1 Å². The Balaban J connectivity index is 2.35. The SMILES string of the molecule is CCCN(CCN(C)C)CCn1cc(CNCC)nn1. The fraction of sp³-hybridized carbons (Fsp3) is 0.857. The van der Waals surface area contributed by atoms with Gasteiger partial charge in [0.25, 0.3) is 0 Å². The highest BCUT2D eigenvalue weighted by molar-refractivity contribution is 4.91. The van der Waals surface area contributed by atoms with E-state index in [0.717, 1.165) is 51.5 Å². The predicted molar refractivity (Wildman–Crippen MR) is 82.7 cm³/mol. The minimum Gasteiger partial charge on any atom is -0.311 e. The van der Waals surface area contributed by atoms with Gasteiger partial charge in [0.15, 0.2) is 0 Å². The first-order chi connectivity index (χ1) is 9.65. The molecule has 1 N–H and O–H groups in total. The van der Waals surface area contributed by atoms with Gasteiger partial charge in [-0.15, -0.1) is 5.10 Å². The Hall–Kier alpha value is -0.980. The average Bonchev–Trinajstić information content (AvgIpc) is 2.87. The van der Waals surface area contributed by atoms with Crippen LogP contribution in [0.2, 0.25) is 0 Å². The van der Waals surface area contributed by atoms with Crippen LogP contribution in [-0.2, 0) is 13.1 Å². The molecule has 0 bridgehead atoms. The number of nitrogens with one attached hydrogen (secondary N) is 1. The first-order valence-corrected chi connectivity index (χ1v) is 7.62. The van der Waals surface area contributed by atoms with Crippen molar-refractivity contribution < 1.29 is 0 Å². The molecule has 116 valence electrons. The van der Waals surface area contributed by atoms with Crippen LogP contribution in [0.1, 0.15) is 26.0 Å². The van der Waals surface area contributed by atoms with Gasteiger partial charge in [-0.3, -0.25) is 4.68 Å². The second-order valence-electron chi connectivity index (χ2n) is 5.40. The number of hydrogen-bond donors (Lipinski definition) is 1. The molecular formula is C14H30N6. The molecule has 0 radical (unpaired) electrons. The third kappa shape index (κ3) is 6.98. The van der Waals surface area contributed by atoms with Crippen LogP contribution >= 0.6 is 0 Å². The molecule has 0 spiro atoms. The maximum Gasteiger partial charge on any atom is 0.0964 e. The lowest BCUT2D eigenvalue weighted by Gasteiger charge is -2.23. The van der Waals surface area contributed by atoms with Crippen LogP contribution in [0.3, 0.4) is 0 Å². The van der Waals surface area contributed by atoms with Crippen molar-refractivity contribution in [3.05, 3.63) is 11.9 Å². The van der Waals surface area contributed by atoms with Gasteiger partial charge in [-0.1, -0.05) is 19.1 Å². The van der Waals surface area contributed by atoms with Crippen molar-refractivity contribution in [1.29, 1.82) is 0 Å². The number of aromatic nitrogens is 3. The summed E-state index contributed by atoms with van der Waals surface area (Å²) >= 11 is 0. The molecule has 6 nitrogen and oxygen atoms in total. The van der Waals surface area contributed by atoms with E-state index in [9.17, 15) is 0 Å². The Morgan fingerprint density at radius 2 is 1.95 bits per heavy atom. The van der Waals surface area contributed by atoms with Crippen LogP contribution in [-0.4, -0.2) is 71.6 Å². The van der Waals surface area contributed by atoms with Gasteiger partial charge in [-0.25, -0.2) is 0 Å². The molecule has 0 aliphatic heterocycles. The molecule has 0 amide bonds. The molecule has 0 aliphatic carbocycles. The third-order valence-corrected chi connectivity index (χ3v) is 3.19. The number of rotatable bonds is 11. The third-order valence-electron chi connectivity index (χ3n) is 3.19. The summed E-state index contributed by atoms with van der Waals surface area (Å²) in [6.07, 6.45) is 3.23. The summed E-state index contributed by atoms with van der Waals surface area (Å²) in [5.74, 6) is 0. The molecule has 1 rings (SSSR count). The largest absolute Gasteiger partial charge is 0.311 e. The van der Waals surface area contributed by atoms with Crippen LogP contribution in [0.25, 0.3) is 0 Å². The van der Waals surface area contributed by atoms with Crippen molar-refractivity contribution in [2.75, 3.05) is 46.8 Å². The van der Waals surface area contributed by atoms with Gasteiger partial charge in [-0.05, 0) is 33.6 Å². The minimum atomic E-state index is 0.801. The minimum absolute atomic E-state index is 0.801. The Labute approximate surface area is 123 Å². The van der Waals surface area contributed by atoms with Gasteiger partial charge in [0, 0.05) is 32.4 Å². The molecule has 0 aliphatic rings. The Bertz CT molecular complexity index is 349. The van der Waals surface area contributed by atoms with Gasteiger partial charge in [0.2, 0.25) is 0 Å². The molecule has 0 saturated heterocycles. The summed E-state index contributed by atoms with van der Waals surface area (Å²) in [6, 6.07) is 0. The second kappa shape index (κ2) is 9.85. The first-order valence-electron chi connectivity index (χ1n) is 7.62. The summed E-state index contributed by atoms with van der Waals surface area (Å²) in [7, 11) is 4.24. The van der Waals surface area contributed by atoms with E-state index in [2.05, 4.69) is 53.4 Å². The molecule has 0 aromatic carbocycles. The zero-order valence-corrected chi connectivity index (χ0v) is 13.5. The Kier molecular flexibility index (Phi) is 8.41. The van der Waals surface area contributed by atoms with Crippen LogP contribution in [0.4, 0.5) is 0 Å². The second-order valence-corrected chi connectivity index (χ2v) is 5.40. The highest BCUT2D eigenvalue weighted by atomic mass is 15.4.